The van der Waals surface area contributed by atoms with Crippen LogP contribution in [-0.2, 0) is 19.1 Å². The molecule has 0 aliphatic heterocycles. The second kappa shape index (κ2) is 9.77. The molecule has 0 bridgehead atoms. The highest BCUT2D eigenvalue weighted by Gasteiger charge is 2.33. The topological polar surface area (TPSA) is 61.8 Å². The number of ether oxygens (including phenoxy) is 3. The third kappa shape index (κ3) is 6.89. The van der Waals surface area contributed by atoms with E-state index in [1.165, 1.54) is 6.42 Å². The van der Waals surface area contributed by atoms with E-state index in [1.54, 1.807) is 0 Å². The zero-order valence-electron chi connectivity index (χ0n) is 17.1. The first-order chi connectivity index (χ1) is 12.7. The van der Waals surface area contributed by atoms with Crippen molar-refractivity contribution in [2.45, 2.75) is 60.0 Å². The zero-order valence-corrected chi connectivity index (χ0v) is 17.1. The molecular formula is C22H32O5. The Morgan fingerprint density at radius 3 is 2.33 bits per heavy atom. The van der Waals surface area contributed by atoms with Crippen molar-refractivity contribution in [1.82, 2.24) is 0 Å². The van der Waals surface area contributed by atoms with Gasteiger partial charge in [0.25, 0.3) is 0 Å². The minimum Gasteiger partial charge on any atom is -0.482 e. The molecule has 0 saturated heterocycles. The summed E-state index contributed by atoms with van der Waals surface area (Å²) in [4.78, 5) is 24.0. The zero-order chi connectivity index (χ0) is 20.0. The number of hydrogen-bond acceptors (Lipinski definition) is 5. The highest BCUT2D eigenvalue weighted by Crippen LogP contribution is 2.35. The van der Waals surface area contributed by atoms with E-state index in [1.807, 2.05) is 32.0 Å². The average Bonchev–Trinajstić information content (AvgIpc) is 2.57. The first-order valence-corrected chi connectivity index (χ1v) is 9.80. The molecule has 0 amide bonds. The highest BCUT2D eigenvalue weighted by molar-refractivity contribution is 5.77. The summed E-state index contributed by atoms with van der Waals surface area (Å²) >= 11 is 0. The van der Waals surface area contributed by atoms with Crippen molar-refractivity contribution in [3.8, 4) is 5.75 Å². The standard InChI is InChI=1S/C22H32O5/c1-14(2)19-7-6-15(3)11-20(19)27-22(24)13-26-21(23)12-25-18-9-16(4)8-17(5)10-18/h8-10,14-15,19-20H,6-7,11-13H2,1-5H3. The molecule has 0 spiro atoms. The normalized spacial score (nSPS) is 22.4. The maximum absolute atomic E-state index is 12.1. The SMILES string of the molecule is Cc1cc(C)cc(OCC(=O)OCC(=O)OC2CC(C)CCC2C(C)C)c1. The van der Waals surface area contributed by atoms with Crippen LogP contribution in [0.25, 0.3) is 0 Å². The lowest BCUT2D eigenvalue weighted by Crippen LogP contribution is -2.37. The summed E-state index contributed by atoms with van der Waals surface area (Å²) in [7, 11) is 0. The number of carbonyl (C=O) groups excluding carboxylic acids is 2. The molecule has 3 unspecified atom stereocenters. The van der Waals surface area contributed by atoms with Crippen molar-refractivity contribution in [3.63, 3.8) is 0 Å². The van der Waals surface area contributed by atoms with Crippen LogP contribution in [0.2, 0.25) is 0 Å². The Morgan fingerprint density at radius 1 is 1.04 bits per heavy atom. The summed E-state index contributed by atoms with van der Waals surface area (Å²) in [6, 6.07) is 5.73. The molecule has 5 nitrogen and oxygen atoms in total. The lowest BCUT2D eigenvalue weighted by molar-refractivity contribution is -0.167. The molecule has 3 atom stereocenters. The summed E-state index contributed by atoms with van der Waals surface area (Å²) in [6.07, 6.45) is 3.02. The van der Waals surface area contributed by atoms with Crippen molar-refractivity contribution >= 4 is 11.9 Å². The molecule has 1 aliphatic carbocycles. The van der Waals surface area contributed by atoms with Gasteiger partial charge in [-0.15, -0.1) is 0 Å². The van der Waals surface area contributed by atoms with Crippen LogP contribution in [0.1, 0.15) is 51.2 Å². The van der Waals surface area contributed by atoms with Gasteiger partial charge in [-0.3, -0.25) is 0 Å². The molecule has 0 heterocycles. The van der Waals surface area contributed by atoms with Gasteiger partial charge in [-0.05, 0) is 67.7 Å². The highest BCUT2D eigenvalue weighted by atomic mass is 16.6. The summed E-state index contributed by atoms with van der Waals surface area (Å²) < 4.78 is 16.1. The Kier molecular flexibility index (Phi) is 7.69. The monoisotopic (exact) mass is 376 g/mol. The number of carbonyl (C=O) groups is 2. The van der Waals surface area contributed by atoms with Crippen molar-refractivity contribution < 1.29 is 23.8 Å². The van der Waals surface area contributed by atoms with E-state index in [4.69, 9.17) is 14.2 Å². The Hall–Kier alpha value is -2.04. The predicted octanol–water partition coefficient (Wildman–Crippen LogP) is 4.23. The Labute approximate surface area is 162 Å². The second-order valence-corrected chi connectivity index (χ2v) is 8.13. The molecular weight excluding hydrogens is 344 g/mol. The molecule has 150 valence electrons. The maximum atomic E-state index is 12.1. The number of esters is 2. The molecule has 1 aliphatic rings. The van der Waals surface area contributed by atoms with Gasteiger partial charge in [0.2, 0.25) is 0 Å². The van der Waals surface area contributed by atoms with E-state index in [0.29, 0.717) is 23.5 Å². The molecule has 0 aromatic heterocycles. The average molecular weight is 376 g/mol. The van der Waals surface area contributed by atoms with Gasteiger partial charge in [-0.2, -0.15) is 0 Å². The van der Waals surface area contributed by atoms with Crippen LogP contribution < -0.4 is 4.74 Å². The van der Waals surface area contributed by atoms with Crippen LogP contribution >= 0.6 is 0 Å². The fourth-order valence-corrected chi connectivity index (χ4v) is 3.79. The van der Waals surface area contributed by atoms with Crippen LogP contribution in [-0.4, -0.2) is 31.3 Å². The lowest BCUT2D eigenvalue weighted by atomic mass is 9.75. The van der Waals surface area contributed by atoms with E-state index in [0.717, 1.165) is 24.0 Å². The van der Waals surface area contributed by atoms with Crippen molar-refractivity contribution in [1.29, 1.82) is 0 Å². The third-order valence-electron chi connectivity index (χ3n) is 5.15. The second-order valence-electron chi connectivity index (χ2n) is 8.13. The number of benzene rings is 1. The first kappa shape index (κ1) is 21.3. The fourth-order valence-electron chi connectivity index (χ4n) is 3.79. The van der Waals surface area contributed by atoms with E-state index in [9.17, 15) is 9.59 Å². The van der Waals surface area contributed by atoms with Gasteiger partial charge < -0.3 is 14.2 Å². The van der Waals surface area contributed by atoms with Crippen LogP contribution in [0, 0.1) is 31.6 Å². The van der Waals surface area contributed by atoms with Crippen LogP contribution in [0.3, 0.4) is 0 Å². The van der Waals surface area contributed by atoms with Crippen molar-refractivity contribution in [2.75, 3.05) is 13.2 Å². The van der Waals surface area contributed by atoms with E-state index in [-0.39, 0.29) is 19.3 Å². The molecule has 1 aromatic rings. The summed E-state index contributed by atoms with van der Waals surface area (Å²) in [5.41, 5.74) is 2.12. The van der Waals surface area contributed by atoms with E-state index in [2.05, 4.69) is 20.8 Å². The van der Waals surface area contributed by atoms with Gasteiger partial charge in [0.05, 0.1) is 0 Å². The molecule has 2 rings (SSSR count). The molecule has 0 radical (unpaired) electrons. The lowest BCUT2D eigenvalue weighted by Gasteiger charge is -2.36. The van der Waals surface area contributed by atoms with Gasteiger partial charge >= 0.3 is 11.9 Å². The smallest absolute Gasteiger partial charge is 0.344 e. The van der Waals surface area contributed by atoms with Crippen LogP contribution in [0.15, 0.2) is 18.2 Å². The third-order valence-corrected chi connectivity index (χ3v) is 5.15. The largest absolute Gasteiger partial charge is 0.482 e. The first-order valence-electron chi connectivity index (χ1n) is 9.80. The minimum absolute atomic E-state index is 0.0912. The van der Waals surface area contributed by atoms with Gasteiger partial charge in [0.1, 0.15) is 11.9 Å². The molecule has 1 aromatic carbocycles. The Bertz CT molecular complexity index is 632. The molecule has 27 heavy (non-hydrogen) atoms. The predicted molar refractivity (Wildman–Crippen MR) is 104 cm³/mol. The van der Waals surface area contributed by atoms with Crippen molar-refractivity contribution in [3.05, 3.63) is 29.3 Å². The number of hydrogen-bond donors (Lipinski definition) is 0. The molecule has 1 fully saturated rings. The van der Waals surface area contributed by atoms with Crippen LogP contribution in [0.5, 0.6) is 5.75 Å². The minimum atomic E-state index is -0.580. The molecule has 5 heteroatoms. The molecule has 1 saturated carbocycles. The number of aryl methyl sites for hydroxylation is 2. The maximum Gasteiger partial charge on any atom is 0.344 e. The van der Waals surface area contributed by atoms with Gasteiger partial charge in [0, 0.05) is 0 Å². The van der Waals surface area contributed by atoms with Gasteiger partial charge in [-0.1, -0.05) is 33.3 Å². The number of rotatable bonds is 7. The summed E-state index contributed by atoms with van der Waals surface area (Å²) in [5, 5.41) is 0. The summed E-state index contributed by atoms with van der Waals surface area (Å²) in [6.45, 7) is 9.82. The molecule has 0 N–H and O–H groups in total. The van der Waals surface area contributed by atoms with Gasteiger partial charge in [0.15, 0.2) is 13.2 Å². The fraction of sp³-hybridized carbons (Fsp3) is 0.636. The van der Waals surface area contributed by atoms with Crippen LogP contribution in [0.4, 0.5) is 0 Å². The van der Waals surface area contributed by atoms with E-state index < -0.39 is 11.9 Å². The Balaban J connectivity index is 1.76. The van der Waals surface area contributed by atoms with E-state index >= 15 is 0 Å². The van der Waals surface area contributed by atoms with Gasteiger partial charge in [-0.25, -0.2) is 9.59 Å². The quantitative estimate of drug-likeness (QED) is 0.667. The van der Waals surface area contributed by atoms with Crippen molar-refractivity contribution in [2.24, 2.45) is 17.8 Å². The summed E-state index contributed by atoms with van der Waals surface area (Å²) in [5.74, 6) is 0.926. The Morgan fingerprint density at radius 2 is 1.70 bits per heavy atom.